The van der Waals surface area contributed by atoms with Crippen LogP contribution < -0.4 is 5.32 Å². The Morgan fingerprint density at radius 3 is 2.29 bits per heavy atom. The molecule has 0 fully saturated rings. The van der Waals surface area contributed by atoms with Crippen molar-refractivity contribution in [1.82, 2.24) is 5.32 Å². The standard InChI is InChI=1S/C25H19F2NO3/c26-23-16(12-13-22(29)24(23)27)7-5-6-14-28-25(30)31-15-21-19-10-3-1-8-17(19)18-9-2-4-11-20(18)21/h1-4,8-13,21,29H,6,14-15H2,(H,28,30). The van der Waals surface area contributed by atoms with Crippen LogP contribution in [-0.2, 0) is 4.74 Å². The minimum atomic E-state index is -1.33. The lowest BCUT2D eigenvalue weighted by molar-refractivity contribution is 0.143. The molecule has 31 heavy (non-hydrogen) atoms. The van der Waals surface area contributed by atoms with E-state index in [1.807, 2.05) is 36.4 Å². The zero-order valence-electron chi connectivity index (χ0n) is 16.5. The number of rotatable bonds is 4. The number of hydrogen-bond acceptors (Lipinski definition) is 3. The van der Waals surface area contributed by atoms with Crippen LogP contribution in [-0.4, -0.2) is 24.4 Å². The van der Waals surface area contributed by atoms with Gasteiger partial charge in [0.05, 0.1) is 5.56 Å². The molecular formula is C25H19F2NO3. The first-order chi connectivity index (χ1) is 15.1. The summed E-state index contributed by atoms with van der Waals surface area (Å²) >= 11 is 0. The zero-order chi connectivity index (χ0) is 21.8. The van der Waals surface area contributed by atoms with Gasteiger partial charge in [-0.25, -0.2) is 9.18 Å². The molecule has 0 aliphatic heterocycles. The Labute approximate surface area is 178 Å². The number of hydrogen-bond donors (Lipinski definition) is 2. The number of fused-ring (bicyclic) bond motifs is 3. The molecule has 2 N–H and O–H groups in total. The van der Waals surface area contributed by atoms with Gasteiger partial charge in [0, 0.05) is 18.9 Å². The first-order valence-electron chi connectivity index (χ1n) is 9.81. The SMILES string of the molecule is O=C(NCCC#Cc1ccc(O)c(F)c1F)OCC1c2ccccc2-c2ccccc21. The van der Waals surface area contributed by atoms with Gasteiger partial charge in [-0.3, -0.25) is 0 Å². The molecule has 0 atom stereocenters. The van der Waals surface area contributed by atoms with Crippen LogP contribution in [0.5, 0.6) is 5.75 Å². The highest BCUT2D eigenvalue weighted by Gasteiger charge is 2.28. The molecular weight excluding hydrogens is 400 g/mol. The summed E-state index contributed by atoms with van der Waals surface area (Å²) < 4.78 is 32.4. The average molecular weight is 419 g/mol. The van der Waals surface area contributed by atoms with E-state index >= 15 is 0 Å². The van der Waals surface area contributed by atoms with E-state index in [9.17, 15) is 13.6 Å². The first kappa shape index (κ1) is 20.4. The number of amides is 1. The van der Waals surface area contributed by atoms with Gasteiger partial charge in [0.2, 0.25) is 5.82 Å². The Hall–Kier alpha value is -3.85. The number of phenolic OH excluding ortho intramolecular Hbond substituents is 1. The molecule has 1 aliphatic carbocycles. The third kappa shape index (κ3) is 4.22. The van der Waals surface area contributed by atoms with E-state index in [4.69, 9.17) is 9.84 Å². The monoisotopic (exact) mass is 419 g/mol. The Bertz CT molecular complexity index is 1150. The Morgan fingerprint density at radius 1 is 0.968 bits per heavy atom. The number of carbonyl (C=O) groups is 1. The van der Waals surface area contributed by atoms with Crippen molar-refractivity contribution in [3.8, 4) is 28.7 Å². The van der Waals surface area contributed by atoms with E-state index < -0.39 is 23.5 Å². The lowest BCUT2D eigenvalue weighted by Gasteiger charge is -2.14. The van der Waals surface area contributed by atoms with Crippen molar-refractivity contribution in [3.05, 3.63) is 89.0 Å². The largest absolute Gasteiger partial charge is 0.505 e. The maximum absolute atomic E-state index is 13.6. The summed E-state index contributed by atoms with van der Waals surface area (Å²) in [7, 11) is 0. The smallest absolute Gasteiger partial charge is 0.407 e. The van der Waals surface area contributed by atoms with E-state index in [-0.39, 0.29) is 31.1 Å². The summed E-state index contributed by atoms with van der Waals surface area (Å²) in [6.07, 6.45) is -0.336. The lowest BCUT2D eigenvalue weighted by atomic mass is 9.98. The third-order valence-electron chi connectivity index (χ3n) is 5.15. The molecule has 0 saturated carbocycles. The second kappa shape index (κ2) is 8.88. The number of aromatic hydroxyl groups is 1. The van der Waals surface area contributed by atoms with Crippen LogP contribution in [0.4, 0.5) is 13.6 Å². The van der Waals surface area contributed by atoms with Crippen molar-refractivity contribution < 1.29 is 23.4 Å². The quantitative estimate of drug-likeness (QED) is 0.465. The molecule has 0 heterocycles. The molecule has 6 heteroatoms. The van der Waals surface area contributed by atoms with E-state index in [0.717, 1.165) is 28.3 Å². The fraction of sp³-hybridized carbons (Fsp3) is 0.160. The van der Waals surface area contributed by atoms with Gasteiger partial charge < -0.3 is 15.2 Å². The van der Waals surface area contributed by atoms with E-state index in [1.165, 1.54) is 6.07 Å². The number of phenols is 1. The fourth-order valence-corrected chi connectivity index (χ4v) is 3.67. The fourth-order valence-electron chi connectivity index (χ4n) is 3.67. The normalized spacial score (nSPS) is 11.8. The Morgan fingerprint density at radius 2 is 1.61 bits per heavy atom. The van der Waals surface area contributed by atoms with Gasteiger partial charge in [-0.05, 0) is 34.4 Å². The van der Waals surface area contributed by atoms with Crippen LogP contribution in [0.2, 0.25) is 0 Å². The highest BCUT2D eigenvalue weighted by Crippen LogP contribution is 2.44. The number of carbonyl (C=O) groups excluding carboxylic acids is 1. The summed E-state index contributed by atoms with van der Waals surface area (Å²) in [5, 5.41) is 11.7. The first-order valence-corrected chi connectivity index (χ1v) is 9.81. The molecule has 1 aliphatic rings. The molecule has 0 spiro atoms. The Kier molecular flexibility index (Phi) is 5.85. The number of nitrogens with one attached hydrogen (secondary N) is 1. The summed E-state index contributed by atoms with van der Waals surface area (Å²) in [6, 6.07) is 18.4. The predicted molar refractivity (Wildman–Crippen MR) is 113 cm³/mol. The maximum Gasteiger partial charge on any atom is 0.407 e. The van der Waals surface area contributed by atoms with Crippen molar-refractivity contribution >= 4 is 6.09 Å². The van der Waals surface area contributed by atoms with Crippen LogP contribution >= 0.6 is 0 Å². The number of halogens is 2. The van der Waals surface area contributed by atoms with Crippen LogP contribution in [0.15, 0.2) is 60.7 Å². The summed E-state index contributed by atoms with van der Waals surface area (Å²) in [6.45, 7) is 0.412. The van der Waals surface area contributed by atoms with Gasteiger partial charge in [0.15, 0.2) is 11.6 Å². The number of ether oxygens (including phenoxy) is 1. The van der Waals surface area contributed by atoms with Gasteiger partial charge in [-0.1, -0.05) is 60.4 Å². The van der Waals surface area contributed by atoms with Gasteiger partial charge in [0.25, 0.3) is 0 Å². The molecule has 3 aromatic rings. The maximum atomic E-state index is 13.6. The van der Waals surface area contributed by atoms with Gasteiger partial charge in [-0.15, -0.1) is 0 Å². The molecule has 1 amide bonds. The van der Waals surface area contributed by atoms with Crippen molar-refractivity contribution in [2.75, 3.05) is 13.2 Å². The molecule has 4 nitrogen and oxygen atoms in total. The van der Waals surface area contributed by atoms with Crippen LogP contribution in [0.3, 0.4) is 0 Å². The molecule has 0 bridgehead atoms. The summed E-state index contributed by atoms with van der Waals surface area (Å²) in [5.74, 6) is 1.83. The van der Waals surface area contributed by atoms with Crippen LogP contribution in [0.25, 0.3) is 11.1 Å². The van der Waals surface area contributed by atoms with Gasteiger partial charge in [0.1, 0.15) is 6.61 Å². The average Bonchev–Trinajstić information content (AvgIpc) is 3.11. The minimum Gasteiger partial charge on any atom is -0.505 e. The Balaban J connectivity index is 1.30. The third-order valence-corrected chi connectivity index (χ3v) is 5.15. The lowest BCUT2D eigenvalue weighted by Crippen LogP contribution is -2.26. The molecule has 3 aromatic carbocycles. The van der Waals surface area contributed by atoms with Gasteiger partial charge in [-0.2, -0.15) is 4.39 Å². The molecule has 4 rings (SSSR count). The summed E-state index contributed by atoms with van der Waals surface area (Å²) in [4.78, 5) is 12.1. The van der Waals surface area contributed by atoms with Gasteiger partial charge >= 0.3 is 6.09 Å². The molecule has 0 aromatic heterocycles. The van der Waals surface area contributed by atoms with Crippen LogP contribution in [0.1, 0.15) is 29.0 Å². The van der Waals surface area contributed by atoms with Crippen molar-refractivity contribution in [2.45, 2.75) is 12.3 Å². The molecule has 156 valence electrons. The van der Waals surface area contributed by atoms with Crippen molar-refractivity contribution in [1.29, 1.82) is 0 Å². The second-order valence-electron chi connectivity index (χ2n) is 7.06. The van der Waals surface area contributed by atoms with E-state index in [0.29, 0.717) is 0 Å². The van der Waals surface area contributed by atoms with Crippen LogP contribution in [0, 0.1) is 23.5 Å². The zero-order valence-corrected chi connectivity index (χ0v) is 16.5. The number of alkyl carbamates (subject to hydrolysis) is 1. The van der Waals surface area contributed by atoms with E-state index in [2.05, 4.69) is 29.3 Å². The topological polar surface area (TPSA) is 58.6 Å². The number of benzene rings is 3. The van der Waals surface area contributed by atoms with Crippen molar-refractivity contribution in [3.63, 3.8) is 0 Å². The van der Waals surface area contributed by atoms with E-state index in [1.54, 1.807) is 0 Å². The van der Waals surface area contributed by atoms with Crippen molar-refractivity contribution in [2.24, 2.45) is 0 Å². The second-order valence-corrected chi connectivity index (χ2v) is 7.06. The molecule has 0 radical (unpaired) electrons. The molecule has 0 saturated heterocycles. The highest BCUT2D eigenvalue weighted by atomic mass is 19.2. The highest BCUT2D eigenvalue weighted by molar-refractivity contribution is 5.79. The minimum absolute atomic E-state index is 0.0229. The predicted octanol–water partition coefficient (Wildman–Crippen LogP) is 4.95. The molecule has 0 unspecified atom stereocenters. The summed E-state index contributed by atoms with van der Waals surface area (Å²) in [5.41, 5.74) is 4.41.